The lowest BCUT2D eigenvalue weighted by atomic mass is 9.82. The van der Waals surface area contributed by atoms with E-state index in [1.165, 1.54) is 4.90 Å². The quantitative estimate of drug-likeness (QED) is 0.664. The minimum atomic E-state index is -2.62. The number of halogens is 2. The van der Waals surface area contributed by atoms with E-state index in [4.69, 9.17) is 0 Å². The molecule has 0 N–H and O–H groups in total. The number of nitrogens with zero attached hydrogens (tertiary/aromatic N) is 5. The van der Waals surface area contributed by atoms with Gasteiger partial charge in [0.1, 0.15) is 11.8 Å². The Morgan fingerprint density at radius 1 is 1.15 bits per heavy atom. The Hall–Kier alpha value is -2.78. The fourth-order valence-electron chi connectivity index (χ4n) is 5.01. The molecule has 0 unspecified atom stereocenters. The zero-order valence-corrected chi connectivity index (χ0v) is 20.4. The van der Waals surface area contributed by atoms with Crippen LogP contribution in [0.15, 0.2) is 12.3 Å². The highest BCUT2D eigenvalue weighted by Crippen LogP contribution is 2.41. The molecule has 0 radical (unpaired) electrons. The number of carbonyl (C=O) groups is 2. The molecule has 4 rings (SSSR count). The third-order valence-corrected chi connectivity index (χ3v) is 7.01. The normalized spacial score (nSPS) is 21.1. The van der Waals surface area contributed by atoms with Gasteiger partial charge in [-0.15, -0.1) is 0 Å². The van der Waals surface area contributed by atoms with Crippen molar-refractivity contribution in [3.8, 4) is 0 Å². The Bertz CT molecular complexity index is 1110. The number of hydrogen-bond donors (Lipinski definition) is 0. The molecule has 0 aromatic carbocycles. The second kappa shape index (κ2) is 8.16. The van der Waals surface area contributed by atoms with Crippen LogP contribution < -0.4 is 5.11 Å². The number of rotatable bonds is 2. The molecule has 8 nitrogen and oxygen atoms in total. The fourth-order valence-corrected chi connectivity index (χ4v) is 5.01. The SMILES string of the molecule is CC(C)(C)c1cc(C2CCC(F)(F)CC2)nn2cc(C(=O)N3CCN(C(=O)[O-])CC3(C)C)nc12. The van der Waals surface area contributed by atoms with Crippen molar-refractivity contribution < 1.29 is 23.5 Å². The van der Waals surface area contributed by atoms with Gasteiger partial charge in [-0.25, -0.2) is 18.3 Å². The molecule has 1 aliphatic carbocycles. The van der Waals surface area contributed by atoms with E-state index in [9.17, 15) is 23.5 Å². The van der Waals surface area contributed by atoms with E-state index >= 15 is 0 Å². The second-order valence-electron chi connectivity index (χ2n) is 11.2. The first-order valence-corrected chi connectivity index (χ1v) is 11.7. The monoisotopic (exact) mass is 476 g/mol. The first kappa shape index (κ1) is 24.3. The van der Waals surface area contributed by atoms with E-state index in [-0.39, 0.29) is 55.4 Å². The zero-order chi connectivity index (χ0) is 25.1. The van der Waals surface area contributed by atoms with Gasteiger partial charge in [-0.1, -0.05) is 20.8 Å². The van der Waals surface area contributed by atoms with Crippen molar-refractivity contribution in [2.75, 3.05) is 19.6 Å². The van der Waals surface area contributed by atoms with E-state index in [0.29, 0.717) is 18.5 Å². The van der Waals surface area contributed by atoms with Gasteiger partial charge in [-0.05, 0) is 38.2 Å². The van der Waals surface area contributed by atoms with E-state index < -0.39 is 17.6 Å². The number of imidazole rings is 1. The number of carboxylic acid groups (broad SMARTS) is 1. The number of hydrogen-bond acceptors (Lipinski definition) is 5. The van der Waals surface area contributed by atoms with Crippen molar-refractivity contribution in [1.82, 2.24) is 24.4 Å². The van der Waals surface area contributed by atoms with Crippen molar-refractivity contribution in [3.63, 3.8) is 0 Å². The predicted octanol–water partition coefficient (Wildman–Crippen LogP) is 3.20. The van der Waals surface area contributed by atoms with Gasteiger partial charge in [0.15, 0.2) is 5.65 Å². The second-order valence-corrected chi connectivity index (χ2v) is 11.2. The molecule has 2 aliphatic rings. The lowest BCUT2D eigenvalue weighted by Gasteiger charge is -2.47. The highest BCUT2D eigenvalue weighted by Gasteiger charge is 2.39. The summed E-state index contributed by atoms with van der Waals surface area (Å²) >= 11 is 0. The molecule has 2 aromatic heterocycles. The Morgan fingerprint density at radius 2 is 1.79 bits per heavy atom. The fraction of sp³-hybridized carbons (Fsp3) is 0.667. The summed E-state index contributed by atoms with van der Waals surface area (Å²) in [5.41, 5.74) is 1.39. The Morgan fingerprint density at radius 3 is 2.35 bits per heavy atom. The summed E-state index contributed by atoms with van der Waals surface area (Å²) < 4.78 is 29.0. The number of fused-ring (bicyclic) bond motifs is 1. The summed E-state index contributed by atoms with van der Waals surface area (Å²) in [6.45, 7) is 10.3. The molecule has 2 fully saturated rings. The largest absolute Gasteiger partial charge is 0.530 e. The number of alkyl halides is 2. The summed E-state index contributed by atoms with van der Waals surface area (Å²) in [4.78, 5) is 32.2. The number of piperazine rings is 1. The maximum absolute atomic E-state index is 13.7. The molecule has 0 spiro atoms. The smallest absolute Gasteiger partial charge is 0.274 e. The molecule has 2 amide bonds. The molecule has 1 aliphatic heterocycles. The highest BCUT2D eigenvalue weighted by atomic mass is 19.3. The lowest BCUT2D eigenvalue weighted by molar-refractivity contribution is -0.268. The Balaban J connectivity index is 1.69. The van der Waals surface area contributed by atoms with Crippen LogP contribution in [0.4, 0.5) is 13.6 Å². The molecule has 2 aromatic rings. The Labute approximate surface area is 197 Å². The van der Waals surface area contributed by atoms with Crippen LogP contribution in [0.2, 0.25) is 0 Å². The summed E-state index contributed by atoms with van der Waals surface area (Å²) in [5, 5.41) is 16.0. The van der Waals surface area contributed by atoms with Gasteiger partial charge >= 0.3 is 0 Å². The van der Waals surface area contributed by atoms with Crippen LogP contribution in [-0.4, -0.2) is 67.5 Å². The predicted molar refractivity (Wildman–Crippen MR) is 120 cm³/mol. The standard InChI is InChI=1S/C24H33F2N5O3/c1-22(2,3)16-12-17(15-6-8-24(25,26)9-7-15)28-31-13-18(27-19(16)31)20(32)30-11-10-29(21(33)34)14-23(30,4)5/h12-13,15H,6-11,14H2,1-5H3,(H,33,34)/p-1. The maximum atomic E-state index is 13.7. The van der Waals surface area contributed by atoms with Crippen molar-refractivity contribution in [1.29, 1.82) is 0 Å². The molecule has 1 saturated heterocycles. The van der Waals surface area contributed by atoms with E-state index in [1.807, 2.05) is 40.7 Å². The number of aromatic nitrogens is 3. The molecule has 186 valence electrons. The van der Waals surface area contributed by atoms with E-state index in [0.717, 1.165) is 11.3 Å². The van der Waals surface area contributed by atoms with Crippen LogP contribution >= 0.6 is 0 Å². The van der Waals surface area contributed by atoms with Crippen LogP contribution in [0.25, 0.3) is 5.65 Å². The summed E-state index contributed by atoms with van der Waals surface area (Å²) in [7, 11) is 0. The third kappa shape index (κ3) is 4.59. The van der Waals surface area contributed by atoms with Crippen LogP contribution in [0, 0.1) is 0 Å². The third-order valence-electron chi connectivity index (χ3n) is 7.01. The minimum Gasteiger partial charge on any atom is -0.530 e. The van der Waals surface area contributed by atoms with Crippen molar-refractivity contribution >= 4 is 17.6 Å². The number of amides is 2. The van der Waals surface area contributed by atoms with Gasteiger partial charge in [0.05, 0.1) is 17.4 Å². The van der Waals surface area contributed by atoms with Crippen molar-refractivity contribution in [2.24, 2.45) is 0 Å². The van der Waals surface area contributed by atoms with Crippen LogP contribution in [0.5, 0.6) is 0 Å². The molecule has 3 heterocycles. The van der Waals surface area contributed by atoms with Gasteiger partial charge in [0.25, 0.3) is 5.91 Å². The zero-order valence-electron chi connectivity index (χ0n) is 20.4. The molecule has 0 bridgehead atoms. The lowest BCUT2D eigenvalue weighted by Crippen LogP contribution is -2.63. The first-order valence-electron chi connectivity index (χ1n) is 11.7. The minimum absolute atomic E-state index is 0.0664. The van der Waals surface area contributed by atoms with Gasteiger partial charge in [0, 0.05) is 44.0 Å². The van der Waals surface area contributed by atoms with Gasteiger partial charge < -0.3 is 19.7 Å². The average molecular weight is 477 g/mol. The maximum Gasteiger partial charge on any atom is 0.274 e. The van der Waals surface area contributed by atoms with Crippen LogP contribution in [0.3, 0.4) is 0 Å². The highest BCUT2D eigenvalue weighted by molar-refractivity contribution is 5.93. The van der Waals surface area contributed by atoms with Gasteiger partial charge in [0.2, 0.25) is 5.92 Å². The molecule has 0 atom stereocenters. The van der Waals surface area contributed by atoms with Gasteiger partial charge in [-0.2, -0.15) is 5.10 Å². The molecule has 10 heteroatoms. The van der Waals surface area contributed by atoms with Gasteiger partial charge in [-0.3, -0.25) is 4.79 Å². The summed E-state index contributed by atoms with van der Waals surface area (Å²) in [6.07, 6.45) is 0.777. The van der Waals surface area contributed by atoms with E-state index in [2.05, 4.69) is 10.1 Å². The number of carbonyl (C=O) groups excluding carboxylic acids is 2. The van der Waals surface area contributed by atoms with E-state index in [1.54, 1.807) is 15.6 Å². The molecular formula is C24H32F2N5O3-. The first-order chi connectivity index (χ1) is 15.7. The molecule has 1 saturated carbocycles. The molecular weight excluding hydrogens is 444 g/mol. The van der Waals surface area contributed by atoms with Crippen LogP contribution in [-0.2, 0) is 5.41 Å². The topological polar surface area (TPSA) is 93.9 Å². The van der Waals surface area contributed by atoms with Crippen LogP contribution in [0.1, 0.15) is 88.0 Å². The van der Waals surface area contributed by atoms with Crippen molar-refractivity contribution in [3.05, 3.63) is 29.2 Å². The molecule has 34 heavy (non-hydrogen) atoms. The summed E-state index contributed by atoms with van der Waals surface area (Å²) in [5.74, 6) is -2.98. The summed E-state index contributed by atoms with van der Waals surface area (Å²) in [6, 6.07) is 1.95. The average Bonchev–Trinajstić information content (AvgIpc) is 3.15. The Kier molecular flexibility index (Phi) is 5.85. The van der Waals surface area contributed by atoms with Crippen molar-refractivity contribution in [2.45, 2.75) is 83.1 Å².